The molecule has 1 aromatic carbocycles. The van der Waals surface area contributed by atoms with Crippen molar-refractivity contribution in [1.29, 1.82) is 0 Å². The molecule has 1 saturated heterocycles. The summed E-state index contributed by atoms with van der Waals surface area (Å²) in [6.07, 6.45) is 0.292. The third-order valence-corrected chi connectivity index (χ3v) is 4.58. The Labute approximate surface area is 123 Å². The van der Waals surface area contributed by atoms with Crippen LogP contribution in [-0.4, -0.2) is 26.3 Å². The van der Waals surface area contributed by atoms with Gasteiger partial charge in [-0.2, -0.15) is 0 Å². The molecule has 1 aromatic rings. The van der Waals surface area contributed by atoms with Gasteiger partial charge in [0.15, 0.2) is 0 Å². The summed E-state index contributed by atoms with van der Waals surface area (Å²) in [5.74, 6) is -1.25. The summed E-state index contributed by atoms with van der Waals surface area (Å²) in [5, 5.41) is 2.11. The standard InChI is InChI=1S/C13H17N3O4S/c14-7-9-3-1-2-4-10(9)8-21(19,20)16-11-5-6-12(17)15-13(11)18/h1-4,11,16H,5-8,14H2,(H,15,17,18). The first kappa shape index (κ1) is 15.6. The first-order chi connectivity index (χ1) is 9.91. The third-order valence-electron chi connectivity index (χ3n) is 3.24. The van der Waals surface area contributed by atoms with Gasteiger partial charge in [-0.25, -0.2) is 13.1 Å². The van der Waals surface area contributed by atoms with E-state index in [1.54, 1.807) is 24.3 Å². The van der Waals surface area contributed by atoms with Crippen LogP contribution in [0.5, 0.6) is 0 Å². The van der Waals surface area contributed by atoms with Crippen molar-refractivity contribution in [2.45, 2.75) is 31.2 Å². The number of carbonyl (C=O) groups is 2. The summed E-state index contributed by atoms with van der Waals surface area (Å²) in [4.78, 5) is 22.6. The summed E-state index contributed by atoms with van der Waals surface area (Å²) in [6.45, 7) is 0.240. The highest BCUT2D eigenvalue weighted by molar-refractivity contribution is 7.88. The predicted molar refractivity (Wildman–Crippen MR) is 76.3 cm³/mol. The van der Waals surface area contributed by atoms with Crippen LogP contribution in [0.25, 0.3) is 0 Å². The second-order valence-electron chi connectivity index (χ2n) is 4.85. The van der Waals surface area contributed by atoms with Gasteiger partial charge >= 0.3 is 0 Å². The highest BCUT2D eigenvalue weighted by atomic mass is 32.2. The number of hydrogen-bond donors (Lipinski definition) is 3. The van der Waals surface area contributed by atoms with E-state index >= 15 is 0 Å². The maximum Gasteiger partial charge on any atom is 0.244 e. The minimum absolute atomic E-state index is 0.123. The van der Waals surface area contributed by atoms with Crippen LogP contribution in [0.15, 0.2) is 24.3 Å². The number of nitrogens with one attached hydrogen (secondary N) is 2. The van der Waals surface area contributed by atoms with Crippen molar-refractivity contribution in [3.8, 4) is 0 Å². The molecule has 0 bridgehead atoms. The predicted octanol–water partition coefficient (Wildman–Crippen LogP) is -0.630. The van der Waals surface area contributed by atoms with Crippen molar-refractivity contribution < 1.29 is 18.0 Å². The van der Waals surface area contributed by atoms with Crippen LogP contribution in [-0.2, 0) is 31.9 Å². The van der Waals surface area contributed by atoms with Crippen LogP contribution in [0.3, 0.4) is 0 Å². The Hall–Kier alpha value is -1.77. The molecule has 2 rings (SSSR count). The van der Waals surface area contributed by atoms with E-state index in [0.29, 0.717) is 5.56 Å². The summed E-state index contributed by atoms with van der Waals surface area (Å²) in [5.41, 5.74) is 6.91. The van der Waals surface area contributed by atoms with Gasteiger partial charge in [0.25, 0.3) is 0 Å². The van der Waals surface area contributed by atoms with E-state index in [-0.39, 0.29) is 31.0 Å². The van der Waals surface area contributed by atoms with Gasteiger partial charge in [-0.3, -0.25) is 14.9 Å². The van der Waals surface area contributed by atoms with Crippen molar-refractivity contribution in [3.63, 3.8) is 0 Å². The van der Waals surface area contributed by atoms with Crippen molar-refractivity contribution in [3.05, 3.63) is 35.4 Å². The largest absolute Gasteiger partial charge is 0.326 e. The van der Waals surface area contributed by atoms with Crippen molar-refractivity contribution >= 4 is 21.8 Å². The van der Waals surface area contributed by atoms with Gasteiger partial charge in [-0.1, -0.05) is 24.3 Å². The molecule has 1 fully saturated rings. The van der Waals surface area contributed by atoms with Crippen LogP contribution < -0.4 is 15.8 Å². The summed E-state index contributed by atoms with van der Waals surface area (Å²) < 4.78 is 26.6. The van der Waals surface area contributed by atoms with Crippen LogP contribution in [0, 0.1) is 0 Å². The molecule has 21 heavy (non-hydrogen) atoms. The molecule has 1 heterocycles. The monoisotopic (exact) mass is 311 g/mol. The van der Waals surface area contributed by atoms with Crippen LogP contribution in [0.2, 0.25) is 0 Å². The molecule has 1 unspecified atom stereocenters. The molecular formula is C13H17N3O4S. The zero-order valence-electron chi connectivity index (χ0n) is 11.3. The number of sulfonamides is 1. The molecule has 4 N–H and O–H groups in total. The second kappa shape index (κ2) is 6.33. The van der Waals surface area contributed by atoms with E-state index in [2.05, 4.69) is 10.0 Å². The van der Waals surface area contributed by atoms with Crippen LogP contribution >= 0.6 is 0 Å². The molecule has 0 saturated carbocycles. The molecule has 7 nitrogen and oxygen atoms in total. The number of carbonyl (C=O) groups excluding carboxylic acids is 2. The fraction of sp³-hybridized carbons (Fsp3) is 0.385. The summed E-state index contributed by atoms with van der Waals surface area (Å²) in [7, 11) is -3.69. The average Bonchev–Trinajstić information content (AvgIpc) is 2.42. The Kier molecular flexibility index (Phi) is 4.71. The molecule has 1 aliphatic heterocycles. The van der Waals surface area contributed by atoms with Gasteiger partial charge in [-0.05, 0) is 17.5 Å². The first-order valence-electron chi connectivity index (χ1n) is 6.52. The molecule has 0 aliphatic carbocycles. The highest BCUT2D eigenvalue weighted by Gasteiger charge is 2.30. The van der Waals surface area contributed by atoms with E-state index in [1.807, 2.05) is 0 Å². The normalized spacial score (nSPS) is 19.4. The van der Waals surface area contributed by atoms with Gasteiger partial charge < -0.3 is 5.73 Å². The molecule has 0 radical (unpaired) electrons. The lowest BCUT2D eigenvalue weighted by Crippen LogP contribution is -2.52. The summed E-state index contributed by atoms with van der Waals surface area (Å²) in [6, 6.07) is 6.06. The smallest absolute Gasteiger partial charge is 0.244 e. The van der Waals surface area contributed by atoms with E-state index in [4.69, 9.17) is 5.73 Å². The maximum atomic E-state index is 12.1. The molecular weight excluding hydrogens is 294 g/mol. The highest BCUT2D eigenvalue weighted by Crippen LogP contribution is 2.13. The first-order valence-corrected chi connectivity index (χ1v) is 8.17. The Morgan fingerprint density at radius 2 is 1.90 bits per heavy atom. The number of nitrogens with two attached hydrogens (primary N) is 1. The molecule has 1 atom stereocenters. The van der Waals surface area contributed by atoms with Crippen molar-refractivity contribution in [2.24, 2.45) is 5.73 Å². The molecule has 8 heteroatoms. The van der Waals surface area contributed by atoms with E-state index in [9.17, 15) is 18.0 Å². The third kappa shape index (κ3) is 4.10. The Bertz CT molecular complexity index is 657. The molecule has 1 aliphatic rings. The SMILES string of the molecule is NCc1ccccc1CS(=O)(=O)NC1CCC(=O)NC1=O. The number of rotatable bonds is 5. The molecule has 0 spiro atoms. The fourth-order valence-corrected chi connectivity index (χ4v) is 3.60. The molecule has 0 aromatic heterocycles. The van der Waals surface area contributed by atoms with Crippen LogP contribution in [0.4, 0.5) is 0 Å². The Balaban J connectivity index is 2.08. The fourth-order valence-electron chi connectivity index (χ4n) is 2.17. The lowest BCUT2D eigenvalue weighted by Gasteiger charge is -2.22. The lowest BCUT2D eigenvalue weighted by molar-refractivity contribution is -0.134. The van der Waals surface area contributed by atoms with E-state index < -0.39 is 22.0 Å². The van der Waals surface area contributed by atoms with Crippen molar-refractivity contribution in [1.82, 2.24) is 10.0 Å². The number of piperidine rings is 1. The minimum Gasteiger partial charge on any atom is -0.326 e. The number of benzene rings is 1. The van der Waals surface area contributed by atoms with Crippen LogP contribution in [0.1, 0.15) is 24.0 Å². The lowest BCUT2D eigenvalue weighted by atomic mass is 10.1. The molecule has 114 valence electrons. The second-order valence-corrected chi connectivity index (χ2v) is 6.61. The maximum absolute atomic E-state index is 12.1. The zero-order valence-corrected chi connectivity index (χ0v) is 12.2. The number of amides is 2. The topological polar surface area (TPSA) is 118 Å². The van der Waals surface area contributed by atoms with Gasteiger partial charge in [0, 0.05) is 13.0 Å². The van der Waals surface area contributed by atoms with Crippen molar-refractivity contribution in [2.75, 3.05) is 0 Å². The van der Waals surface area contributed by atoms with Gasteiger partial charge in [0.1, 0.15) is 6.04 Å². The number of imide groups is 1. The summed E-state index contributed by atoms with van der Waals surface area (Å²) >= 11 is 0. The van der Waals surface area contributed by atoms with Gasteiger partial charge in [0.2, 0.25) is 21.8 Å². The number of hydrogen-bond acceptors (Lipinski definition) is 5. The Morgan fingerprint density at radius 1 is 1.24 bits per heavy atom. The van der Waals surface area contributed by atoms with Gasteiger partial charge in [0.05, 0.1) is 5.75 Å². The Morgan fingerprint density at radius 3 is 2.52 bits per heavy atom. The molecule has 2 amide bonds. The quantitative estimate of drug-likeness (QED) is 0.626. The van der Waals surface area contributed by atoms with E-state index in [0.717, 1.165) is 5.56 Å². The van der Waals surface area contributed by atoms with Gasteiger partial charge in [-0.15, -0.1) is 0 Å². The minimum atomic E-state index is -3.69. The zero-order chi connectivity index (χ0) is 15.5. The van der Waals surface area contributed by atoms with E-state index in [1.165, 1.54) is 0 Å². The average molecular weight is 311 g/mol.